The minimum atomic E-state index is -0.973. The van der Waals surface area contributed by atoms with Gasteiger partial charge < -0.3 is 5.11 Å². The molecule has 0 spiro atoms. The van der Waals surface area contributed by atoms with Crippen LogP contribution in [0.3, 0.4) is 0 Å². The molecule has 0 saturated carbocycles. The lowest BCUT2D eigenvalue weighted by atomic mass is 10.2. The Morgan fingerprint density at radius 3 is 2.67 bits per heavy atom. The van der Waals surface area contributed by atoms with Gasteiger partial charge in [-0.05, 0) is 30.7 Å². The highest BCUT2D eigenvalue weighted by Crippen LogP contribution is 2.31. The van der Waals surface area contributed by atoms with Crippen LogP contribution in [0.15, 0.2) is 41.9 Å². The third-order valence-corrected chi connectivity index (χ3v) is 4.38. The minimum Gasteiger partial charge on any atom is -0.478 e. The van der Waals surface area contributed by atoms with Gasteiger partial charge in [0.1, 0.15) is 0 Å². The monoisotopic (exact) mass is 304 g/mol. The van der Waals surface area contributed by atoms with Crippen molar-refractivity contribution in [1.29, 1.82) is 0 Å². The molecule has 1 fully saturated rings. The quantitative estimate of drug-likeness (QED) is 0.849. The van der Waals surface area contributed by atoms with Gasteiger partial charge in [0.2, 0.25) is 5.91 Å². The van der Waals surface area contributed by atoms with Gasteiger partial charge in [-0.3, -0.25) is 9.69 Å². The highest BCUT2D eigenvalue weighted by atomic mass is 32.2. The lowest BCUT2D eigenvalue weighted by Crippen LogP contribution is -2.31. The second-order valence-electron chi connectivity index (χ2n) is 4.50. The Morgan fingerprint density at radius 2 is 2.14 bits per heavy atom. The fourth-order valence-corrected chi connectivity index (χ4v) is 3.04. The summed E-state index contributed by atoms with van der Waals surface area (Å²) >= 11 is 1.43. The number of carbonyl (C=O) groups excluding carboxylic acids is 1. The van der Waals surface area contributed by atoms with Crippen LogP contribution in [-0.4, -0.2) is 38.8 Å². The largest absolute Gasteiger partial charge is 0.478 e. The number of aromatic carboxylic acids is 1. The molecule has 21 heavy (non-hydrogen) atoms. The first-order chi connectivity index (χ1) is 10.1. The Hall–Kier alpha value is -2.08. The summed E-state index contributed by atoms with van der Waals surface area (Å²) in [5.74, 6) is -0.928. The first-order valence-electron chi connectivity index (χ1n) is 6.57. The number of carboxylic acids is 1. The van der Waals surface area contributed by atoms with E-state index in [1.54, 1.807) is 23.1 Å². The van der Waals surface area contributed by atoms with Crippen molar-refractivity contribution in [3.05, 3.63) is 42.5 Å². The number of aliphatic imine (C=N–C) groups is 1. The lowest BCUT2D eigenvalue weighted by molar-refractivity contribution is -0.125. The molecule has 6 heteroatoms. The standard InChI is InChI=1S/C15H16N2O3S/c1-3-9-17-13(18)12(4-2)21-15(17)16-11-7-5-10(6-8-11)14(19)20/h3,5-8,12H,1,4,9H2,2H3,(H,19,20). The van der Waals surface area contributed by atoms with Gasteiger partial charge in [0.15, 0.2) is 5.17 Å². The maximum absolute atomic E-state index is 12.2. The molecule has 0 radical (unpaired) electrons. The van der Waals surface area contributed by atoms with E-state index in [0.29, 0.717) is 17.4 Å². The van der Waals surface area contributed by atoms with E-state index >= 15 is 0 Å². The van der Waals surface area contributed by atoms with Crippen molar-refractivity contribution in [2.45, 2.75) is 18.6 Å². The van der Waals surface area contributed by atoms with E-state index in [4.69, 9.17) is 5.11 Å². The van der Waals surface area contributed by atoms with Crippen LogP contribution in [0.1, 0.15) is 23.7 Å². The van der Waals surface area contributed by atoms with Gasteiger partial charge in [-0.2, -0.15) is 0 Å². The molecule has 1 aromatic carbocycles. The number of carboxylic acid groups (broad SMARTS) is 1. The molecule has 2 rings (SSSR count). The van der Waals surface area contributed by atoms with E-state index in [2.05, 4.69) is 11.6 Å². The van der Waals surface area contributed by atoms with Crippen molar-refractivity contribution < 1.29 is 14.7 Å². The van der Waals surface area contributed by atoms with Crippen molar-refractivity contribution in [2.75, 3.05) is 6.54 Å². The lowest BCUT2D eigenvalue weighted by Gasteiger charge is -2.13. The molecule has 1 aromatic rings. The maximum Gasteiger partial charge on any atom is 0.335 e. The van der Waals surface area contributed by atoms with E-state index in [1.165, 1.54) is 23.9 Å². The third kappa shape index (κ3) is 3.33. The fourth-order valence-electron chi connectivity index (χ4n) is 1.94. The smallest absolute Gasteiger partial charge is 0.335 e. The van der Waals surface area contributed by atoms with Crippen LogP contribution in [0.2, 0.25) is 0 Å². The molecular formula is C15H16N2O3S. The Balaban J connectivity index is 2.27. The zero-order chi connectivity index (χ0) is 15.4. The number of hydrogen-bond donors (Lipinski definition) is 1. The Kier molecular flexibility index (Phi) is 4.80. The van der Waals surface area contributed by atoms with Crippen molar-refractivity contribution in [1.82, 2.24) is 4.90 Å². The van der Waals surface area contributed by atoms with E-state index in [1.807, 2.05) is 6.92 Å². The molecular weight excluding hydrogens is 288 g/mol. The van der Waals surface area contributed by atoms with Crippen LogP contribution in [0, 0.1) is 0 Å². The van der Waals surface area contributed by atoms with Crippen LogP contribution in [0.25, 0.3) is 0 Å². The predicted molar refractivity (Wildman–Crippen MR) is 84.1 cm³/mol. The van der Waals surface area contributed by atoms with Crippen LogP contribution >= 0.6 is 11.8 Å². The summed E-state index contributed by atoms with van der Waals surface area (Å²) in [6.45, 7) is 6.05. The molecule has 110 valence electrons. The number of hydrogen-bond acceptors (Lipinski definition) is 4. The molecule has 0 aromatic heterocycles. The Morgan fingerprint density at radius 1 is 1.48 bits per heavy atom. The molecule has 1 aliphatic heterocycles. The number of carbonyl (C=O) groups is 2. The minimum absolute atomic E-state index is 0.0447. The number of thioether (sulfide) groups is 1. The summed E-state index contributed by atoms with van der Waals surface area (Å²) in [5, 5.41) is 9.39. The number of benzene rings is 1. The number of amidine groups is 1. The molecule has 1 aliphatic rings. The predicted octanol–water partition coefficient (Wildman–Crippen LogP) is 2.91. The topological polar surface area (TPSA) is 70.0 Å². The zero-order valence-corrected chi connectivity index (χ0v) is 12.5. The third-order valence-electron chi connectivity index (χ3n) is 3.04. The highest BCUT2D eigenvalue weighted by molar-refractivity contribution is 8.15. The molecule has 5 nitrogen and oxygen atoms in total. The first kappa shape index (κ1) is 15.3. The van der Waals surface area contributed by atoms with Crippen LogP contribution in [0.4, 0.5) is 5.69 Å². The molecule has 1 atom stereocenters. The molecule has 0 aliphatic carbocycles. The van der Waals surface area contributed by atoms with Gasteiger partial charge in [0.25, 0.3) is 0 Å². The summed E-state index contributed by atoms with van der Waals surface area (Å²) < 4.78 is 0. The molecule has 1 saturated heterocycles. The van der Waals surface area contributed by atoms with Gasteiger partial charge in [-0.25, -0.2) is 9.79 Å². The molecule has 1 unspecified atom stereocenters. The van der Waals surface area contributed by atoms with Crippen LogP contribution in [-0.2, 0) is 4.79 Å². The van der Waals surface area contributed by atoms with E-state index in [-0.39, 0.29) is 16.7 Å². The first-order valence-corrected chi connectivity index (χ1v) is 7.45. The molecule has 1 heterocycles. The highest BCUT2D eigenvalue weighted by Gasteiger charge is 2.35. The van der Waals surface area contributed by atoms with Gasteiger partial charge in [0.05, 0.1) is 16.5 Å². The number of rotatable bonds is 5. The SMILES string of the molecule is C=CCN1C(=O)C(CC)SC1=Nc1ccc(C(=O)O)cc1. The van der Waals surface area contributed by atoms with E-state index in [0.717, 1.165) is 6.42 Å². The fraction of sp³-hybridized carbons (Fsp3) is 0.267. The second kappa shape index (κ2) is 6.58. The zero-order valence-electron chi connectivity index (χ0n) is 11.7. The summed E-state index contributed by atoms with van der Waals surface area (Å²) in [7, 11) is 0. The summed E-state index contributed by atoms with van der Waals surface area (Å²) in [6.07, 6.45) is 2.41. The van der Waals surface area contributed by atoms with Crippen LogP contribution < -0.4 is 0 Å². The Labute approximate surface area is 127 Å². The second-order valence-corrected chi connectivity index (χ2v) is 5.67. The molecule has 1 amide bonds. The van der Waals surface area contributed by atoms with Crippen molar-refractivity contribution >= 4 is 34.5 Å². The van der Waals surface area contributed by atoms with Gasteiger partial charge in [-0.15, -0.1) is 6.58 Å². The summed E-state index contributed by atoms with van der Waals surface area (Å²) in [5.41, 5.74) is 0.838. The van der Waals surface area contributed by atoms with Gasteiger partial charge in [-0.1, -0.05) is 24.8 Å². The normalized spacial score (nSPS) is 20.0. The molecule has 0 bridgehead atoms. The van der Waals surface area contributed by atoms with Gasteiger partial charge >= 0.3 is 5.97 Å². The van der Waals surface area contributed by atoms with Crippen molar-refractivity contribution in [3.63, 3.8) is 0 Å². The van der Waals surface area contributed by atoms with Crippen molar-refractivity contribution in [3.8, 4) is 0 Å². The number of nitrogens with zero attached hydrogens (tertiary/aromatic N) is 2. The average molecular weight is 304 g/mol. The average Bonchev–Trinajstić information content (AvgIpc) is 2.77. The maximum atomic E-state index is 12.2. The summed E-state index contributed by atoms with van der Waals surface area (Å²) in [6, 6.07) is 6.26. The van der Waals surface area contributed by atoms with E-state index < -0.39 is 5.97 Å². The van der Waals surface area contributed by atoms with Crippen molar-refractivity contribution in [2.24, 2.45) is 4.99 Å². The van der Waals surface area contributed by atoms with E-state index in [9.17, 15) is 9.59 Å². The summed E-state index contributed by atoms with van der Waals surface area (Å²) in [4.78, 5) is 29.0. The molecule has 1 N–H and O–H groups in total. The Bertz CT molecular complexity index is 595. The van der Waals surface area contributed by atoms with Gasteiger partial charge in [0, 0.05) is 6.54 Å². The van der Waals surface area contributed by atoms with Crippen LogP contribution in [0.5, 0.6) is 0 Å². The number of amides is 1.